The van der Waals surface area contributed by atoms with Crippen molar-refractivity contribution in [2.75, 3.05) is 0 Å². The smallest absolute Gasteiger partial charge is 0 e. The molecule has 0 aromatic heterocycles. The Balaban J connectivity index is 0. The van der Waals surface area contributed by atoms with Gasteiger partial charge in [-0.25, -0.2) is 0 Å². The molecular weight excluding hydrogens is 281 g/mol. The fourth-order valence-corrected chi connectivity index (χ4v) is 0. The second kappa shape index (κ2) is 16.3. The van der Waals surface area contributed by atoms with E-state index >= 15 is 0 Å². The van der Waals surface area contributed by atoms with Crippen molar-refractivity contribution in [3.63, 3.8) is 0 Å². The van der Waals surface area contributed by atoms with Crippen LogP contribution in [0.3, 0.4) is 0 Å². The van der Waals surface area contributed by atoms with Gasteiger partial charge in [0.2, 0.25) is 0 Å². The zero-order chi connectivity index (χ0) is 0. The van der Waals surface area contributed by atoms with E-state index in [0.717, 1.165) is 0 Å². The molecule has 2 N–H and O–H groups in total. The van der Waals surface area contributed by atoms with Crippen LogP contribution in [0.15, 0.2) is 0 Å². The number of rotatable bonds is 0. The van der Waals surface area contributed by atoms with Crippen molar-refractivity contribution in [2.24, 2.45) is 0 Å². The second-order valence-corrected chi connectivity index (χ2v) is 0. The van der Waals surface area contributed by atoms with Crippen LogP contribution in [0, 0.1) is 0 Å². The van der Waals surface area contributed by atoms with Crippen molar-refractivity contribution in [2.45, 2.75) is 0 Å². The Labute approximate surface area is 102 Å². The van der Waals surface area contributed by atoms with Gasteiger partial charge < -0.3 is 6.15 Å². The summed E-state index contributed by atoms with van der Waals surface area (Å²) in [6.07, 6.45) is 0. The molecule has 4 heteroatoms. The van der Waals surface area contributed by atoms with Gasteiger partial charge >= 0.3 is 0 Å². The van der Waals surface area contributed by atoms with E-state index < -0.39 is 0 Å². The zero-order valence-corrected chi connectivity index (χ0v) is 10.8. The molecule has 0 bridgehead atoms. The standard InChI is InChI=1S/H2N.3Y/h1H2;;;/q-1;;;. The van der Waals surface area contributed by atoms with E-state index in [1.165, 1.54) is 0 Å². The molecule has 0 aliphatic rings. The minimum Gasteiger partial charge on any atom is -0.693 e. The summed E-state index contributed by atoms with van der Waals surface area (Å²) >= 11 is 0. The molecule has 0 amide bonds. The number of nitrogens with two attached hydrogens (primary N) is 1. The molecule has 0 unspecified atom stereocenters. The second-order valence-electron chi connectivity index (χ2n) is 0. The largest absolute Gasteiger partial charge is 0.693 e. The SMILES string of the molecule is [NH2-].[Y].[Y].[Y]. The summed E-state index contributed by atoms with van der Waals surface area (Å²) in [6.45, 7) is 0. The van der Waals surface area contributed by atoms with E-state index in [9.17, 15) is 0 Å². The maximum atomic E-state index is 0. The maximum Gasteiger partial charge on any atom is 0 e. The summed E-state index contributed by atoms with van der Waals surface area (Å²) in [5, 5.41) is 0. The molecule has 17 valence electrons. The van der Waals surface area contributed by atoms with Crippen LogP contribution in [0.1, 0.15) is 0 Å². The third kappa shape index (κ3) is 8.99. The van der Waals surface area contributed by atoms with Gasteiger partial charge in [0, 0.05) is 98.1 Å². The van der Waals surface area contributed by atoms with Gasteiger partial charge in [0.1, 0.15) is 0 Å². The van der Waals surface area contributed by atoms with Crippen molar-refractivity contribution in [3.8, 4) is 0 Å². The van der Waals surface area contributed by atoms with Crippen LogP contribution in [-0.4, -0.2) is 0 Å². The van der Waals surface area contributed by atoms with Crippen molar-refractivity contribution in [1.82, 2.24) is 0 Å². The van der Waals surface area contributed by atoms with Gasteiger partial charge in [0.05, 0.1) is 0 Å². The predicted molar refractivity (Wildman–Crippen MR) is 5.28 cm³/mol. The summed E-state index contributed by atoms with van der Waals surface area (Å²) in [7, 11) is 0. The van der Waals surface area contributed by atoms with E-state index in [0.29, 0.717) is 0 Å². The topological polar surface area (TPSA) is 33.5 Å². The average Bonchev–Trinajstić information content (AvgIpc) is 0. The van der Waals surface area contributed by atoms with Crippen LogP contribution in [0.5, 0.6) is 0 Å². The minimum absolute atomic E-state index is 0. The molecule has 0 heterocycles. The monoisotopic (exact) mass is 283 g/mol. The van der Waals surface area contributed by atoms with Gasteiger partial charge in [-0.05, 0) is 0 Å². The normalized spacial score (nSPS) is 0. The summed E-state index contributed by atoms with van der Waals surface area (Å²) < 4.78 is 0. The third-order valence-corrected chi connectivity index (χ3v) is 0. The van der Waals surface area contributed by atoms with Gasteiger partial charge in [-0.3, -0.25) is 0 Å². The first-order valence-corrected chi connectivity index (χ1v) is 0. The van der Waals surface area contributed by atoms with Crippen LogP contribution in [0.4, 0.5) is 0 Å². The van der Waals surface area contributed by atoms with Crippen LogP contribution in [0.25, 0.3) is 6.15 Å². The fraction of sp³-hybridized carbons (Fsp3) is 0. The molecule has 0 aliphatic heterocycles. The van der Waals surface area contributed by atoms with Crippen LogP contribution >= 0.6 is 0 Å². The Morgan fingerprint density at radius 2 is 0.500 bits per heavy atom. The molecule has 0 spiro atoms. The summed E-state index contributed by atoms with van der Waals surface area (Å²) in [6, 6.07) is 0. The molecule has 0 saturated heterocycles. The molecule has 4 heavy (non-hydrogen) atoms. The van der Waals surface area contributed by atoms with E-state index in [4.69, 9.17) is 0 Å². The molecule has 0 atom stereocenters. The van der Waals surface area contributed by atoms with Crippen LogP contribution in [0.2, 0.25) is 0 Å². The van der Waals surface area contributed by atoms with Gasteiger partial charge in [-0.15, -0.1) is 0 Å². The molecule has 0 saturated carbocycles. The molecule has 0 aromatic rings. The average molecular weight is 283 g/mol. The zero-order valence-electron chi connectivity index (χ0n) is 2.31. The van der Waals surface area contributed by atoms with E-state index in [2.05, 4.69) is 0 Å². The Morgan fingerprint density at radius 3 is 0.500 bits per heavy atom. The minimum atomic E-state index is 0. The Kier molecular flexibility index (Phi) is 109. The maximum absolute atomic E-state index is 0. The van der Waals surface area contributed by atoms with Crippen LogP contribution in [-0.2, 0) is 98.1 Å². The number of hydrogen-bond acceptors (Lipinski definition) is 0. The van der Waals surface area contributed by atoms with Crippen molar-refractivity contribution in [1.29, 1.82) is 0 Å². The quantitative estimate of drug-likeness (QED) is 0.627. The van der Waals surface area contributed by atoms with Crippen molar-refractivity contribution in [3.05, 3.63) is 6.15 Å². The molecule has 1 nitrogen and oxygen atoms in total. The van der Waals surface area contributed by atoms with Gasteiger partial charge in [-0.2, -0.15) is 0 Å². The third-order valence-electron chi connectivity index (χ3n) is 0. The fourth-order valence-electron chi connectivity index (χ4n) is 0. The van der Waals surface area contributed by atoms with Crippen LogP contribution < -0.4 is 0 Å². The first-order chi connectivity index (χ1) is 0. The molecule has 0 aliphatic carbocycles. The Morgan fingerprint density at radius 1 is 0.500 bits per heavy atom. The predicted octanol–water partition coefficient (Wildman–Crippen LogP) is 0.710. The molecule has 0 fully saturated rings. The van der Waals surface area contributed by atoms with E-state index in [1.54, 1.807) is 0 Å². The first-order valence-electron chi connectivity index (χ1n) is 0. The number of hydrogen-bond donors (Lipinski definition) is 0. The molecular formula is H2NY3-. The van der Waals surface area contributed by atoms with Crippen molar-refractivity contribution < 1.29 is 98.1 Å². The molecule has 3 radical (unpaired) electrons. The van der Waals surface area contributed by atoms with E-state index in [1.807, 2.05) is 0 Å². The summed E-state index contributed by atoms with van der Waals surface area (Å²) in [5.41, 5.74) is 0. The van der Waals surface area contributed by atoms with E-state index in [-0.39, 0.29) is 104 Å². The molecule has 0 aromatic carbocycles. The first kappa shape index (κ1) is 26.7. The summed E-state index contributed by atoms with van der Waals surface area (Å²) in [5.74, 6) is 0. The molecule has 0 rings (SSSR count). The van der Waals surface area contributed by atoms with Crippen molar-refractivity contribution >= 4 is 0 Å². The van der Waals surface area contributed by atoms with Gasteiger partial charge in [0.25, 0.3) is 0 Å². The Hall–Kier alpha value is 3.27. The van der Waals surface area contributed by atoms with Gasteiger partial charge in [-0.1, -0.05) is 0 Å². The Bertz CT molecular complexity index is 3.25. The summed E-state index contributed by atoms with van der Waals surface area (Å²) in [4.78, 5) is 0. The van der Waals surface area contributed by atoms with Gasteiger partial charge in [0.15, 0.2) is 0 Å².